The van der Waals surface area contributed by atoms with Crippen molar-refractivity contribution in [2.75, 3.05) is 6.61 Å². The number of carbonyl (C=O) groups is 1. The third kappa shape index (κ3) is 3.97. The van der Waals surface area contributed by atoms with Crippen LogP contribution in [0.25, 0.3) is 0 Å². The maximum Gasteiger partial charge on any atom is 0.347 e. The Morgan fingerprint density at radius 1 is 1.43 bits per heavy atom. The van der Waals surface area contributed by atoms with Gasteiger partial charge in [0.2, 0.25) is 0 Å². The first-order valence-electron chi connectivity index (χ1n) is 7.79. The average Bonchev–Trinajstić information content (AvgIpc) is 2.48. The molecule has 21 heavy (non-hydrogen) atoms. The van der Waals surface area contributed by atoms with Gasteiger partial charge in [-0.05, 0) is 55.9 Å². The van der Waals surface area contributed by atoms with Crippen LogP contribution in [0.1, 0.15) is 56.8 Å². The summed E-state index contributed by atoms with van der Waals surface area (Å²) in [5.41, 5.74) is 2.10. The van der Waals surface area contributed by atoms with Gasteiger partial charge in [-0.1, -0.05) is 19.4 Å². The number of esters is 1. The van der Waals surface area contributed by atoms with Crippen LogP contribution in [0.5, 0.6) is 5.75 Å². The molecule has 1 aliphatic rings. The number of hydrogen-bond acceptors (Lipinski definition) is 4. The second kappa shape index (κ2) is 7.46. The van der Waals surface area contributed by atoms with E-state index in [1.54, 1.807) is 6.92 Å². The van der Waals surface area contributed by atoms with Gasteiger partial charge in [0.05, 0.1) is 12.7 Å². The van der Waals surface area contributed by atoms with Crippen molar-refractivity contribution in [3.8, 4) is 5.75 Å². The zero-order valence-corrected chi connectivity index (χ0v) is 12.8. The van der Waals surface area contributed by atoms with Gasteiger partial charge >= 0.3 is 5.97 Å². The first kappa shape index (κ1) is 15.8. The summed E-state index contributed by atoms with van der Waals surface area (Å²) in [7, 11) is 0. The van der Waals surface area contributed by atoms with Crippen molar-refractivity contribution in [1.82, 2.24) is 0 Å². The van der Waals surface area contributed by atoms with Gasteiger partial charge < -0.3 is 14.6 Å². The number of aliphatic hydroxyl groups excluding tert-OH is 1. The minimum absolute atomic E-state index is 0.322. The molecule has 1 aromatic carbocycles. The highest BCUT2D eigenvalue weighted by atomic mass is 16.6. The number of rotatable bonds is 6. The van der Waals surface area contributed by atoms with Crippen molar-refractivity contribution in [3.05, 3.63) is 29.3 Å². The predicted octanol–water partition coefficient (Wildman–Crippen LogP) is 3.17. The first-order valence-corrected chi connectivity index (χ1v) is 7.79. The van der Waals surface area contributed by atoms with Crippen LogP contribution in [0.3, 0.4) is 0 Å². The number of ether oxygens (including phenoxy) is 2. The van der Waals surface area contributed by atoms with E-state index in [9.17, 15) is 9.90 Å². The molecule has 0 saturated carbocycles. The molecular weight excluding hydrogens is 268 g/mol. The Morgan fingerprint density at radius 3 is 2.95 bits per heavy atom. The molecule has 4 nitrogen and oxygen atoms in total. The molecule has 0 radical (unpaired) electrons. The molecule has 0 saturated heterocycles. The number of benzene rings is 1. The third-order valence-corrected chi connectivity index (χ3v) is 3.78. The van der Waals surface area contributed by atoms with E-state index in [4.69, 9.17) is 9.47 Å². The van der Waals surface area contributed by atoms with Gasteiger partial charge in [-0.25, -0.2) is 4.79 Å². The fourth-order valence-electron chi connectivity index (χ4n) is 2.71. The summed E-state index contributed by atoms with van der Waals surface area (Å²) in [4.78, 5) is 11.9. The van der Waals surface area contributed by atoms with Crippen LogP contribution in [0.2, 0.25) is 0 Å². The molecular formula is C17H24O4. The fraction of sp³-hybridized carbons (Fsp3) is 0.588. The van der Waals surface area contributed by atoms with Gasteiger partial charge in [0.15, 0.2) is 6.10 Å². The van der Waals surface area contributed by atoms with Crippen LogP contribution in [0.15, 0.2) is 18.2 Å². The van der Waals surface area contributed by atoms with Gasteiger partial charge in [-0.2, -0.15) is 0 Å². The molecule has 2 atom stereocenters. The van der Waals surface area contributed by atoms with Gasteiger partial charge in [0.1, 0.15) is 5.75 Å². The van der Waals surface area contributed by atoms with Crippen molar-refractivity contribution in [3.63, 3.8) is 0 Å². The lowest BCUT2D eigenvalue weighted by atomic mass is 9.89. The number of fused-ring (bicyclic) bond motifs is 1. The molecule has 2 rings (SSSR count). The molecule has 1 aliphatic carbocycles. The lowest BCUT2D eigenvalue weighted by molar-refractivity contribution is -0.151. The Bertz CT molecular complexity index is 484. The van der Waals surface area contributed by atoms with Crippen LogP contribution in [-0.4, -0.2) is 23.8 Å². The van der Waals surface area contributed by atoms with Crippen LogP contribution in [0, 0.1) is 0 Å². The predicted molar refractivity (Wildman–Crippen MR) is 80.3 cm³/mol. The topological polar surface area (TPSA) is 55.8 Å². The van der Waals surface area contributed by atoms with E-state index < -0.39 is 12.2 Å². The number of carbonyl (C=O) groups excluding carboxylic acids is 1. The minimum atomic E-state index is -0.575. The minimum Gasteiger partial charge on any atom is -0.479 e. The molecule has 1 unspecified atom stereocenters. The number of aryl methyl sites for hydroxylation is 1. The zero-order valence-electron chi connectivity index (χ0n) is 12.8. The summed E-state index contributed by atoms with van der Waals surface area (Å²) in [6.07, 6.45) is 3.25. The van der Waals surface area contributed by atoms with Crippen LogP contribution in [0.4, 0.5) is 0 Å². The highest BCUT2D eigenvalue weighted by Crippen LogP contribution is 2.32. The van der Waals surface area contributed by atoms with Crippen LogP contribution >= 0.6 is 0 Å². The molecule has 0 aromatic heterocycles. The quantitative estimate of drug-likeness (QED) is 0.818. The molecule has 116 valence electrons. The second-order valence-corrected chi connectivity index (χ2v) is 5.42. The van der Waals surface area contributed by atoms with Crippen LogP contribution in [-0.2, 0) is 16.0 Å². The standard InChI is InChI=1S/C17H24O4/c1-3-6-16(17(19)20-4-2)21-13-10-9-12-7-5-8-15(18)14(12)11-13/h9-11,15-16,18H,3-8H2,1-2H3/t15-,16?/m0/s1. The monoisotopic (exact) mass is 292 g/mol. The van der Waals surface area contributed by atoms with Crippen molar-refractivity contribution in [1.29, 1.82) is 0 Å². The van der Waals surface area contributed by atoms with E-state index in [0.29, 0.717) is 18.8 Å². The highest BCUT2D eigenvalue weighted by molar-refractivity contribution is 5.75. The molecule has 1 aromatic rings. The maximum absolute atomic E-state index is 11.9. The Labute approximate surface area is 126 Å². The summed E-state index contributed by atoms with van der Waals surface area (Å²) in [5.74, 6) is 0.304. The Morgan fingerprint density at radius 2 is 2.24 bits per heavy atom. The number of aliphatic hydroxyl groups is 1. The first-order chi connectivity index (χ1) is 10.2. The fourth-order valence-corrected chi connectivity index (χ4v) is 2.71. The molecule has 0 amide bonds. The van der Waals surface area contributed by atoms with E-state index in [0.717, 1.165) is 31.2 Å². The number of hydrogen-bond donors (Lipinski definition) is 1. The molecule has 0 heterocycles. The SMILES string of the molecule is CCCC(Oc1ccc2c(c1)[C@@H](O)CCC2)C(=O)OCC. The second-order valence-electron chi connectivity index (χ2n) is 5.42. The molecule has 1 N–H and O–H groups in total. The van der Waals surface area contributed by atoms with E-state index in [-0.39, 0.29) is 5.97 Å². The normalized spacial score (nSPS) is 18.7. The Balaban J connectivity index is 2.13. The lowest BCUT2D eigenvalue weighted by Crippen LogP contribution is -2.29. The molecule has 0 fully saturated rings. The van der Waals surface area contributed by atoms with Crippen molar-refractivity contribution in [2.24, 2.45) is 0 Å². The maximum atomic E-state index is 11.9. The van der Waals surface area contributed by atoms with Crippen molar-refractivity contribution in [2.45, 2.75) is 58.2 Å². The lowest BCUT2D eigenvalue weighted by Gasteiger charge is -2.23. The summed E-state index contributed by atoms with van der Waals surface area (Å²) < 4.78 is 10.8. The van der Waals surface area contributed by atoms with Gasteiger partial charge in [-0.3, -0.25) is 0 Å². The summed E-state index contributed by atoms with van der Waals surface area (Å²) in [6.45, 7) is 4.15. The van der Waals surface area contributed by atoms with Crippen LogP contribution < -0.4 is 4.74 Å². The highest BCUT2D eigenvalue weighted by Gasteiger charge is 2.23. The summed E-state index contributed by atoms with van der Waals surface area (Å²) >= 11 is 0. The third-order valence-electron chi connectivity index (χ3n) is 3.78. The summed E-state index contributed by atoms with van der Waals surface area (Å²) in [5, 5.41) is 10.1. The van der Waals surface area contributed by atoms with Crippen molar-refractivity contribution < 1.29 is 19.4 Å². The van der Waals surface area contributed by atoms with Gasteiger partial charge in [0, 0.05) is 0 Å². The Hall–Kier alpha value is -1.55. The van der Waals surface area contributed by atoms with E-state index in [1.165, 1.54) is 5.56 Å². The summed E-state index contributed by atoms with van der Waals surface area (Å²) in [6, 6.07) is 5.72. The smallest absolute Gasteiger partial charge is 0.347 e. The van der Waals surface area contributed by atoms with Crippen molar-refractivity contribution >= 4 is 5.97 Å². The molecule has 0 spiro atoms. The van der Waals surface area contributed by atoms with Gasteiger partial charge in [-0.15, -0.1) is 0 Å². The van der Waals surface area contributed by atoms with E-state index >= 15 is 0 Å². The zero-order chi connectivity index (χ0) is 15.2. The Kier molecular flexibility index (Phi) is 5.62. The largest absolute Gasteiger partial charge is 0.479 e. The molecule has 0 aliphatic heterocycles. The average molecular weight is 292 g/mol. The van der Waals surface area contributed by atoms with E-state index in [1.807, 2.05) is 25.1 Å². The van der Waals surface area contributed by atoms with E-state index in [2.05, 4.69) is 0 Å². The van der Waals surface area contributed by atoms with Gasteiger partial charge in [0.25, 0.3) is 0 Å². The molecule has 0 bridgehead atoms. The molecule has 4 heteroatoms.